The molecule has 0 saturated heterocycles. The molecular weight excluding hydrogens is 378 g/mol. The van der Waals surface area contributed by atoms with E-state index in [4.69, 9.17) is 15.2 Å². The summed E-state index contributed by atoms with van der Waals surface area (Å²) in [7, 11) is 3.24. The number of fused-ring (bicyclic) bond motifs is 1. The summed E-state index contributed by atoms with van der Waals surface area (Å²) in [5, 5.41) is 5.75. The maximum Gasteiger partial charge on any atom is 0.242 e. The highest BCUT2D eigenvalue weighted by atomic mass is 32.2. The molecule has 3 atom stereocenters. The molecule has 8 heteroatoms. The van der Waals surface area contributed by atoms with Crippen molar-refractivity contribution in [3.8, 4) is 11.5 Å². The van der Waals surface area contributed by atoms with Gasteiger partial charge in [0.2, 0.25) is 11.8 Å². The fourth-order valence-corrected chi connectivity index (χ4v) is 3.78. The van der Waals surface area contributed by atoms with E-state index in [9.17, 15) is 9.59 Å². The summed E-state index contributed by atoms with van der Waals surface area (Å²) in [5.41, 5.74) is 8.22. The molecule has 1 aromatic carbocycles. The Hall–Kier alpha value is -1.93. The second-order valence-corrected chi connectivity index (χ2v) is 8.03. The van der Waals surface area contributed by atoms with Gasteiger partial charge in [-0.3, -0.25) is 9.59 Å². The predicted octanol–water partition coefficient (Wildman–Crippen LogP) is 1.26. The number of hydrogen-bond donors (Lipinski definition) is 3. The number of hydrogen-bond acceptors (Lipinski definition) is 6. The summed E-state index contributed by atoms with van der Waals surface area (Å²) in [5.74, 6) is 1.73. The molecule has 0 aliphatic heterocycles. The third-order valence-corrected chi connectivity index (χ3v) is 5.65. The molecule has 7 nitrogen and oxygen atoms in total. The summed E-state index contributed by atoms with van der Waals surface area (Å²) in [6.07, 6.45) is 4.96. The van der Waals surface area contributed by atoms with Gasteiger partial charge < -0.3 is 25.8 Å². The normalized spacial score (nSPS) is 17.8. The minimum Gasteiger partial charge on any atom is -0.493 e. The molecule has 2 amide bonds. The van der Waals surface area contributed by atoms with Gasteiger partial charge in [-0.25, -0.2) is 0 Å². The lowest BCUT2D eigenvalue weighted by Gasteiger charge is -2.28. The number of rotatable bonds is 9. The van der Waals surface area contributed by atoms with E-state index in [2.05, 4.69) is 10.6 Å². The average molecular weight is 410 g/mol. The highest BCUT2D eigenvalue weighted by Crippen LogP contribution is 2.34. The topological polar surface area (TPSA) is 103 Å². The Bertz CT molecular complexity index is 698. The van der Waals surface area contributed by atoms with Gasteiger partial charge in [0.05, 0.1) is 20.3 Å². The minimum absolute atomic E-state index is 0.0163. The molecule has 0 radical (unpaired) electrons. The van der Waals surface area contributed by atoms with Crippen LogP contribution in [0.5, 0.6) is 11.5 Å². The number of nitrogens with two attached hydrogens (primary N) is 1. The zero-order chi connectivity index (χ0) is 20.7. The number of benzene rings is 1. The lowest BCUT2D eigenvalue weighted by atomic mass is 9.87. The number of carbonyl (C=O) groups excluding carboxylic acids is 2. The van der Waals surface area contributed by atoms with Crippen molar-refractivity contribution in [2.75, 3.05) is 26.2 Å². The second kappa shape index (κ2) is 10.6. The highest BCUT2D eigenvalue weighted by Gasteiger charge is 2.25. The van der Waals surface area contributed by atoms with Gasteiger partial charge in [-0.15, -0.1) is 0 Å². The molecule has 0 bridgehead atoms. The molecule has 4 N–H and O–H groups in total. The lowest BCUT2D eigenvalue weighted by Crippen LogP contribution is -2.52. The van der Waals surface area contributed by atoms with Crippen LogP contribution in [-0.4, -0.2) is 56.2 Å². The predicted molar refractivity (Wildman–Crippen MR) is 112 cm³/mol. The fourth-order valence-electron chi connectivity index (χ4n) is 3.29. The van der Waals surface area contributed by atoms with E-state index in [0.717, 1.165) is 36.3 Å². The fraction of sp³-hybridized carbons (Fsp3) is 0.600. The van der Waals surface area contributed by atoms with Crippen LogP contribution in [0.1, 0.15) is 30.9 Å². The first-order valence-corrected chi connectivity index (χ1v) is 10.9. The summed E-state index contributed by atoms with van der Waals surface area (Å²) < 4.78 is 10.7. The van der Waals surface area contributed by atoms with Gasteiger partial charge in [-0.1, -0.05) is 0 Å². The SMILES string of the molecule is COc1cc2c(cc1OC)CC(NC(=O)[C@H](C)NC(=O)[C@@H](N)CCSC)CC2. The van der Waals surface area contributed by atoms with Gasteiger partial charge in [0.1, 0.15) is 6.04 Å². The first-order chi connectivity index (χ1) is 13.4. The van der Waals surface area contributed by atoms with Gasteiger partial charge in [0.25, 0.3) is 0 Å². The summed E-state index contributed by atoms with van der Waals surface area (Å²) in [6, 6.07) is 2.78. The Morgan fingerprint density at radius 1 is 1.21 bits per heavy atom. The quantitative estimate of drug-likeness (QED) is 0.568. The largest absolute Gasteiger partial charge is 0.493 e. The molecule has 1 unspecified atom stereocenters. The first-order valence-electron chi connectivity index (χ1n) is 9.48. The van der Waals surface area contributed by atoms with Crippen LogP contribution in [0, 0.1) is 0 Å². The summed E-state index contributed by atoms with van der Waals surface area (Å²) >= 11 is 1.64. The zero-order valence-electron chi connectivity index (χ0n) is 17.0. The molecule has 1 aromatic rings. The second-order valence-electron chi connectivity index (χ2n) is 7.04. The lowest BCUT2D eigenvalue weighted by molar-refractivity contribution is -0.129. The van der Waals surface area contributed by atoms with Crippen molar-refractivity contribution in [3.63, 3.8) is 0 Å². The van der Waals surface area contributed by atoms with Crippen LogP contribution in [0.2, 0.25) is 0 Å². The van der Waals surface area contributed by atoms with E-state index >= 15 is 0 Å². The Kier molecular flexibility index (Phi) is 8.44. The van der Waals surface area contributed by atoms with Crippen molar-refractivity contribution in [2.45, 2.75) is 50.7 Å². The van der Waals surface area contributed by atoms with Crippen LogP contribution >= 0.6 is 11.8 Å². The summed E-state index contributed by atoms with van der Waals surface area (Å²) in [6.45, 7) is 1.68. The van der Waals surface area contributed by atoms with Crippen molar-refractivity contribution in [3.05, 3.63) is 23.3 Å². The van der Waals surface area contributed by atoms with E-state index in [1.165, 1.54) is 5.56 Å². The van der Waals surface area contributed by atoms with Gasteiger partial charge in [-0.05, 0) is 67.9 Å². The third kappa shape index (κ3) is 5.78. The Balaban J connectivity index is 1.92. The maximum absolute atomic E-state index is 12.5. The highest BCUT2D eigenvalue weighted by molar-refractivity contribution is 7.98. The number of carbonyl (C=O) groups is 2. The smallest absolute Gasteiger partial charge is 0.242 e. The van der Waals surface area contributed by atoms with Crippen molar-refractivity contribution >= 4 is 23.6 Å². The molecule has 0 saturated carbocycles. The molecule has 0 fully saturated rings. The first kappa shape index (κ1) is 22.4. The molecule has 1 aliphatic rings. The van der Waals surface area contributed by atoms with Crippen LogP contribution in [0.3, 0.4) is 0 Å². The van der Waals surface area contributed by atoms with E-state index < -0.39 is 12.1 Å². The van der Waals surface area contributed by atoms with E-state index in [1.54, 1.807) is 32.9 Å². The van der Waals surface area contributed by atoms with Crippen LogP contribution in [0.25, 0.3) is 0 Å². The van der Waals surface area contributed by atoms with E-state index in [1.807, 2.05) is 18.4 Å². The van der Waals surface area contributed by atoms with Gasteiger partial charge in [-0.2, -0.15) is 11.8 Å². The Morgan fingerprint density at radius 3 is 2.46 bits per heavy atom. The number of aryl methyl sites for hydroxylation is 1. The number of methoxy groups -OCH3 is 2. The molecule has 28 heavy (non-hydrogen) atoms. The van der Waals surface area contributed by atoms with Gasteiger partial charge in [0, 0.05) is 6.04 Å². The number of thioether (sulfide) groups is 1. The van der Waals surface area contributed by atoms with Crippen LogP contribution in [0.4, 0.5) is 0 Å². The monoisotopic (exact) mass is 409 g/mol. The minimum atomic E-state index is -0.625. The van der Waals surface area contributed by atoms with Gasteiger partial charge >= 0.3 is 0 Å². The van der Waals surface area contributed by atoms with Crippen LogP contribution in [0.15, 0.2) is 12.1 Å². The van der Waals surface area contributed by atoms with Crippen molar-refractivity contribution < 1.29 is 19.1 Å². The Morgan fingerprint density at radius 2 is 1.86 bits per heavy atom. The molecular formula is C20H31N3O4S. The van der Waals surface area contributed by atoms with Crippen LogP contribution in [-0.2, 0) is 22.4 Å². The van der Waals surface area contributed by atoms with Crippen molar-refractivity contribution in [2.24, 2.45) is 5.73 Å². The molecule has 0 heterocycles. The van der Waals surface area contributed by atoms with Crippen molar-refractivity contribution in [1.29, 1.82) is 0 Å². The molecule has 1 aliphatic carbocycles. The molecule has 156 valence electrons. The summed E-state index contributed by atoms with van der Waals surface area (Å²) in [4.78, 5) is 24.6. The molecule has 2 rings (SSSR count). The maximum atomic E-state index is 12.5. The Labute approximate surface area is 171 Å². The van der Waals surface area contributed by atoms with Gasteiger partial charge in [0.15, 0.2) is 11.5 Å². The van der Waals surface area contributed by atoms with Crippen molar-refractivity contribution in [1.82, 2.24) is 10.6 Å². The third-order valence-electron chi connectivity index (χ3n) is 5.00. The standard InChI is InChI=1S/C20H31N3O4S/c1-12(22-20(25)16(21)7-8-28-4)19(24)23-15-6-5-13-10-17(26-2)18(27-3)11-14(13)9-15/h10-12,15-16H,5-9,21H2,1-4H3,(H,22,25)(H,23,24)/t12-,15?,16-/m0/s1. The molecule has 0 aromatic heterocycles. The van der Waals surface area contributed by atoms with E-state index in [-0.39, 0.29) is 17.9 Å². The molecule has 0 spiro atoms. The number of ether oxygens (including phenoxy) is 2. The zero-order valence-corrected chi connectivity index (χ0v) is 17.9. The van der Waals surface area contributed by atoms with Crippen LogP contribution < -0.4 is 25.8 Å². The van der Waals surface area contributed by atoms with E-state index in [0.29, 0.717) is 12.2 Å². The average Bonchev–Trinajstić information content (AvgIpc) is 2.70. The number of nitrogens with one attached hydrogen (secondary N) is 2. The number of amides is 2.